The Morgan fingerprint density at radius 3 is 2.72 bits per heavy atom. The van der Waals surface area contributed by atoms with Gasteiger partial charge in [-0.15, -0.1) is 11.3 Å². The number of hydrogen-bond acceptors (Lipinski definition) is 5. The number of aryl methyl sites for hydroxylation is 1. The molecule has 3 aromatic rings. The molecule has 0 aliphatic carbocycles. The summed E-state index contributed by atoms with van der Waals surface area (Å²) < 4.78 is 2.08. The molecule has 1 amide bonds. The first-order chi connectivity index (χ1) is 15.5. The summed E-state index contributed by atoms with van der Waals surface area (Å²) in [5, 5.41) is 9.95. The molecule has 2 aromatic heterocycles. The van der Waals surface area contributed by atoms with Crippen LogP contribution < -0.4 is 10.2 Å². The number of benzene rings is 1. The van der Waals surface area contributed by atoms with Crippen molar-refractivity contribution in [1.29, 1.82) is 0 Å². The molecule has 4 unspecified atom stereocenters. The summed E-state index contributed by atoms with van der Waals surface area (Å²) in [4.78, 5) is 17.8. The summed E-state index contributed by atoms with van der Waals surface area (Å²) in [7, 11) is 6.19. The van der Waals surface area contributed by atoms with Crippen molar-refractivity contribution >= 4 is 22.9 Å². The van der Waals surface area contributed by atoms with Crippen molar-refractivity contribution in [2.24, 2.45) is 13.0 Å². The van der Waals surface area contributed by atoms with Crippen LogP contribution in [0.1, 0.15) is 34.1 Å². The fourth-order valence-corrected chi connectivity index (χ4v) is 5.93. The van der Waals surface area contributed by atoms with Crippen LogP contribution in [0.15, 0.2) is 47.8 Å². The van der Waals surface area contributed by atoms with Crippen LogP contribution in [-0.2, 0) is 7.05 Å². The molecule has 0 saturated carbocycles. The zero-order valence-electron chi connectivity index (χ0n) is 19.0. The summed E-state index contributed by atoms with van der Waals surface area (Å²) in [5.41, 5.74) is 4.73. The normalized spacial score (nSPS) is 24.5. The molecule has 6 rings (SSSR count). The van der Waals surface area contributed by atoms with Gasteiger partial charge in [0.05, 0.1) is 10.6 Å². The number of thiophene rings is 1. The maximum absolute atomic E-state index is 12.3. The molecule has 5 heterocycles. The molecule has 168 valence electrons. The van der Waals surface area contributed by atoms with Gasteiger partial charge in [0.1, 0.15) is 0 Å². The minimum atomic E-state index is 0.0516. The fraction of sp³-hybridized carbons (Fsp3) is 0.440. The van der Waals surface area contributed by atoms with Gasteiger partial charge in [-0.05, 0) is 54.9 Å². The third-order valence-electron chi connectivity index (χ3n) is 7.10. The van der Waals surface area contributed by atoms with E-state index in [-0.39, 0.29) is 5.91 Å². The molecule has 1 N–H and O–H groups in total. The molecule has 3 fully saturated rings. The zero-order valence-corrected chi connectivity index (χ0v) is 19.8. The van der Waals surface area contributed by atoms with E-state index in [2.05, 4.69) is 71.3 Å². The number of aromatic nitrogens is 2. The Labute approximate surface area is 193 Å². The van der Waals surface area contributed by atoms with Gasteiger partial charge in [0.25, 0.3) is 5.91 Å². The maximum Gasteiger partial charge on any atom is 0.261 e. The standard InChI is InChI=1S/C25H31N5OS/c1-28(2)19-8-6-17(7-9-19)22-14-23(29(3)27-22)21-16-30-11-10-18(21)13-20(30)15-26-25(31)24-5-4-12-32-24/h4-9,12,14,18,20-21H,10-11,13,15-16H2,1-3H3,(H,26,31). The molecule has 2 bridgehead atoms. The average Bonchev–Trinajstić information content (AvgIpc) is 3.48. The molecule has 0 radical (unpaired) electrons. The first-order valence-electron chi connectivity index (χ1n) is 11.4. The molecule has 3 aliphatic rings. The average molecular weight is 450 g/mol. The lowest BCUT2D eigenvalue weighted by Crippen LogP contribution is -2.56. The van der Waals surface area contributed by atoms with E-state index in [9.17, 15) is 4.79 Å². The summed E-state index contributed by atoms with van der Waals surface area (Å²) in [6, 6.07) is 15.1. The summed E-state index contributed by atoms with van der Waals surface area (Å²) in [6.45, 7) is 2.90. The second-order valence-electron chi connectivity index (χ2n) is 9.25. The highest BCUT2D eigenvalue weighted by Crippen LogP contribution is 2.42. The maximum atomic E-state index is 12.3. The van der Waals surface area contributed by atoms with Crippen LogP contribution in [0.5, 0.6) is 0 Å². The van der Waals surface area contributed by atoms with Crippen molar-refractivity contribution in [2.75, 3.05) is 38.6 Å². The van der Waals surface area contributed by atoms with Crippen LogP contribution in [0, 0.1) is 5.92 Å². The van der Waals surface area contributed by atoms with Gasteiger partial charge in [-0.2, -0.15) is 5.10 Å². The quantitative estimate of drug-likeness (QED) is 0.622. The van der Waals surface area contributed by atoms with Crippen LogP contribution in [0.25, 0.3) is 11.3 Å². The smallest absolute Gasteiger partial charge is 0.261 e. The molecule has 0 spiro atoms. The predicted octanol–water partition coefficient (Wildman–Crippen LogP) is 3.82. The Kier molecular flexibility index (Phi) is 5.78. The fourth-order valence-electron chi connectivity index (χ4n) is 5.29. The van der Waals surface area contributed by atoms with Gasteiger partial charge in [0, 0.05) is 63.1 Å². The van der Waals surface area contributed by atoms with Crippen LogP contribution in [0.2, 0.25) is 0 Å². The Bertz CT molecular complexity index is 1070. The lowest BCUT2D eigenvalue weighted by atomic mass is 9.74. The van der Waals surface area contributed by atoms with E-state index >= 15 is 0 Å². The van der Waals surface area contributed by atoms with Crippen molar-refractivity contribution in [2.45, 2.75) is 24.8 Å². The second-order valence-corrected chi connectivity index (χ2v) is 10.2. The molecule has 7 heteroatoms. The lowest BCUT2D eigenvalue weighted by molar-refractivity contribution is 0.0280. The van der Waals surface area contributed by atoms with Crippen molar-refractivity contribution < 1.29 is 4.79 Å². The molecule has 3 saturated heterocycles. The van der Waals surface area contributed by atoms with Crippen molar-refractivity contribution in [3.63, 3.8) is 0 Å². The van der Waals surface area contributed by atoms with Gasteiger partial charge < -0.3 is 10.2 Å². The number of anilines is 1. The lowest BCUT2D eigenvalue weighted by Gasteiger charge is -2.49. The van der Waals surface area contributed by atoms with E-state index in [0.717, 1.165) is 42.2 Å². The first-order valence-corrected chi connectivity index (χ1v) is 12.2. The molecule has 4 atom stereocenters. The van der Waals surface area contributed by atoms with E-state index in [1.807, 2.05) is 17.5 Å². The van der Waals surface area contributed by atoms with E-state index in [0.29, 0.717) is 17.9 Å². The summed E-state index contributed by atoms with van der Waals surface area (Å²) >= 11 is 1.50. The Morgan fingerprint density at radius 2 is 2.06 bits per heavy atom. The predicted molar refractivity (Wildman–Crippen MR) is 130 cm³/mol. The van der Waals surface area contributed by atoms with Crippen molar-refractivity contribution in [3.05, 3.63) is 58.4 Å². The highest BCUT2D eigenvalue weighted by atomic mass is 32.1. The summed E-state index contributed by atoms with van der Waals surface area (Å²) in [5.74, 6) is 1.19. The Hall–Kier alpha value is -2.64. The second kappa shape index (κ2) is 8.71. The highest BCUT2D eigenvalue weighted by Gasteiger charge is 2.41. The van der Waals surface area contributed by atoms with Crippen LogP contribution in [-0.4, -0.2) is 60.4 Å². The molecular formula is C25H31N5OS. The number of fused-ring (bicyclic) bond motifs is 3. The Balaban J connectivity index is 1.26. The van der Waals surface area contributed by atoms with Gasteiger partial charge in [-0.1, -0.05) is 18.2 Å². The van der Waals surface area contributed by atoms with Gasteiger partial charge in [0.15, 0.2) is 0 Å². The third kappa shape index (κ3) is 4.07. The van der Waals surface area contributed by atoms with Crippen LogP contribution in [0.4, 0.5) is 5.69 Å². The number of hydrogen-bond donors (Lipinski definition) is 1. The van der Waals surface area contributed by atoms with E-state index in [4.69, 9.17) is 5.10 Å². The number of amides is 1. The number of nitrogens with one attached hydrogen (secondary N) is 1. The molecular weight excluding hydrogens is 418 g/mol. The summed E-state index contributed by atoms with van der Waals surface area (Å²) in [6.07, 6.45) is 2.35. The van der Waals surface area contributed by atoms with Crippen LogP contribution >= 0.6 is 11.3 Å². The van der Waals surface area contributed by atoms with Crippen LogP contribution in [0.3, 0.4) is 0 Å². The van der Waals surface area contributed by atoms with Crippen molar-refractivity contribution in [1.82, 2.24) is 20.0 Å². The highest BCUT2D eigenvalue weighted by molar-refractivity contribution is 7.12. The molecule has 3 aliphatic heterocycles. The SMILES string of the molecule is CN(C)c1ccc(-c2cc(C3CN4CCC3CC4CNC(=O)c3cccs3)n(C)n2)cc1. The topological polar surface area (TPSA) is 53.4 Å². The zero-order chi connectivity index (χ0) is 22.2. The van der Waals surface area contributed by atoms with E-state index in [1.54, 1.807) is 0 Å². The third-order valence-corrected chi connectivity index (χ3v) is 7.97. The molecule has 1 aromatic carbocycles. The molecule has 32 heavy (non-hydrogen) atoms. The van der Waals surface area contributed by atoms with E-state index in [1.165, 1.54) is 29.1 Å². The van der Waals surface area contributed by atoms with Crippen molar-refractivity contribution in [3.8, 4) is 11.3 Å². The number of nitrogens with zero attached hydrogens (tertiary/aromatic N) is 4. The van der Waals surface area contributed by atoms with Gasteiger partial charge in [-0.3, -0.25) is 14.4 Å². The van der Waals surface area contributed by atoms with E-state index < -0.39 is 0 Å². The largest absolute Gasteiger partial charge is 0.378 e. The Morgan fingerprint density at radius 1 is 1.25 bits per heavy atom. The number of rotatable bonds is 6. The van der Waals surface area contributed by atoms with Gasteiger partial charge in [-0.25, -0.2) is 0 Å². The number of carbonyl (C=O) groups is 1. The monoisotopic (exact) mass is 449 g/mol. The molecule has 6 nitrogen and oxygen atoms in total. The number of carbonyl (C=O) groups excluding carboxylic acids is 1. The number of piperidine rings is 3. The first kappa shape index (κ1) is 21.2. The van der Waals surface area contributed by atoms with Gasteiger partial charge in [0.2, 0.25) is 0 Å². The minimum absolute atomic E-state index is 0.0516. The minimum Gasteiger partial charge on any atom is -0.378 e. The van der Waals surface area contributed by atoms with Gasteiger partial charge >= 0.3 is 0 Å².